The average Bonchev–Trinajstić information content (AvgIpc) is 3.37. The smallest absolute Gasteiger partial charge is 0.270 e. The van der Waals surface area contributed by atoms with Crippen molar-refractivity contribution in [2.75, 3.05) is 11.9 Å². The van der Waals surface area contributed by atoms with Crippen molar-refractivity contribution >= 4 is 17.2 Å². The van der Waals surface area contributed by atoms with Gasteiger partial charge in [-0.25, -0.2) is 14.5 Å². The minimum atomic E-state index is -0.0912. The Balaban J connectivity index is 1.50. The molecule has 1 fully saturated rings. The van der Waals surface area contributed by atoms with Gasteiger partial charge >= 0.3 is 0 Å². The topological polar surface area (TPSA) is 84.2 Å². The van der Waals surface area contributed by atoms with E-state index >= 15 is 0 Å². The molecule has 126 valence electrons. The van der Waals surface area contributed by atoms with Crippen molar-refractivity contribution in [2.24, 2.45) is 0 Å². The van der Waals surface area contributed by atoms with Crippen molar-refractivity contribution in [3.63, 3.8) is 0 Å². The number of nitrogens with zero attached hydrogens (tertiary/aromatic N) is 4. The number of amides is 1. The number of carbonyl (C=O) groups excluding carboxylic acids is 1. The SMILES string of the molecule is O=C1NCCc2c(NCc3cccn4nccc34)nc(C3CC3)nc21. The molecule has 3 aromatic heterocycles. The second-order valence-electron chi connectivity index (χ2n) is 6.59. The first-order chi connectivity index (χ1) is 12.3. The van der Waals surface area contributed by atoms with Crippen molar-refractivity contribution in [3.05, 3.63) is 53.2 Å². The molecule has 0 spiro atoms. The number of fused-ring (bicyclic) bond motifs is 2. The highest BCUT2D eigenvalue weighted by atomic mass is 16.1. The van der Waals surface area contributed by atoms with Gasteiger partial charge < -0.3 is 10.6 Å². The second kappa shape index (κ2) is 5.54. The average molecular weight is 334 g/mol. The molecule has 0 atom stereocenters. The molecule has 1 aliphatic heterocycles. The van der Waals surface area contributed by atoms with Crippen LogP contribution in [0.1, 0.15) is 46.2 Å². The van der Waals surface area contributed by atoms with Crippen LogP contribution >= 0.6 is 0 Å². The van der Waals surface area contributed by atoms with E-state index in [1.807, 2.05) is 22.8 Å². The van der Waals surface area contributed by atoms with Crippen molar-refractivity contribution in [1.29, 1.82) is 0 Å². The minimum absolute atomic E-state index is 0.0912. The van der Waals surface area contributed by atoms with Crippen LogP contribution in [0.5, 0.6) is 0 Å². The van der Waals surface area contributed by atoms with E-state index in [1.54, 1.807) is 6.20 Å². The fourth-order valence-corrected chi connectivity index (χ4v) is 3.32. The highest BCUT2D eigenvalue weighted by Gasteiger charge is 2.31. The zero-order chi connectivity index (χ0) is 16.8. The third-order valence-corrected chi connectivity index (χ3v) is 4.81. The summed E-state index contributed by atoms with van der Waals surface area (Å²) in [5, 5.41) is 10.6. The molecule has 1 aliphatic carbocycles. The fraction of sp³-hybridized carbons (Fsp3) is 0.333. The van der Waals surface area contributed by atoms with Gasteiger partial charge in [0.15, 0.2) is 0 Å². The summed E-state index contributed by atoms with van der Waals surface area (Å²) < 4.78 is 1.86. The summed E-state index contributed by atoms with van der Waals surface area (Å²) >= 11 is 0. The lowest BCUT2D eigenvalue weighted by atomic mass is 10.1. The molecular formula is C18H18N6O. The van der Waals surface area contributed by atoms with Gasteiger partial charge in [-0.3, -0.25) is 4.79 Å². The maximum Gasteiger partial charge on any atom is 0.270 e. The van der Waals surface area contributed by atoms with Gasteiger partial charge in [0.25, 0.3) is 5.91 Å². The lowest BCUT2D eigenvalue weighted by molar-refractivity contribution is 0.0940. The number of rotatable bonds is 4. The lowest BCUT2D eigenvalue weighted by Gasteiger charge is -2.20. The molecule has 0 aromatic carbocycles. The van der Waals surface area contributed by atoms with Crippen LogP contribution in [0.4, 0.5) is 5.82 Å². The zero-order valence-corrected chi connectivity index (χ0v) is 13.7. The van der Waals surface area contributed by atoms with Crippen LogP contribution in [0, 0.1) is 0 Å². The Morgan fingerprint density at radius 3 is 3.08 bits per heavy atom. The van der Waals surface area contributed by atoms with E-state index in [0.717, 1.165) is 47.5 Å². The van der Waals surface area contributed by atoms with E-state index in [0.29, 0.717) is 24.7 Å². The van der Waals surface area contributed by atoms with Crippen LogP contribution < -0.4 is 10.6 Å². The van der Waals surface area contributed by atoms with E-state index < -0.39 is 0 Å². The maximum atomic E-state index is 12.2. The Kier molecular flexibility index (Phi) is 3.19. The van der Waals surface area contributed by atoms with E-state index in [4.69, 9.17) is 4.98 Å². The molecule has 7 heteroatoms. The Labute approximate surface area is 144 Å². The van der Waals surface area contributed by atoms with E-state index in [2.05, 4.69) is 26.8 Å². The highest BCUT2D eigenvalue weighted by molar-refractivity contribution is 5.96. The molecule has 5 rings (SSSR count). The quantitative estimate of drug-likeness (QED) is 0.761. The first-order valence-electron chi connectivity index (χ1n) is 8.64. The van der Waals surface area contributed by atoms with Crippen LogP contribution in [0.15, 0.2) is 30.6 Å². The summed E-state index contributed by atoms with van der Waals surface area (Å²) in [6.07, 6.45) is 6.69. The Bertz CT molecular complexity index is 975. The Hall–Kier alpha value is -2.96. The fourth-order valence-electron chi connectivity index (χ4n) is 3.32. The molecule has 0 unspecified atom stereocenters. The van der Waals surface area contributed by atoms with Crippen LogP contribution in [0.25, 0.3) is 5.52 Å². The number of carbonyl (C=O) groups is 1. The van der Waals surface area contributed by atoms with Crippen molar-refractivity contribution in [2.45, 2.75) is 31.7 Å². The number of hydrogen-bond donors (Lipinski definition) is 2. The molecule has 2 aliphatic rings. The standard InChI is InChI=1S/C18H18N6O/c25-18-15-13(5-7-19-18)17(23-16(22-15)11-3-4-11)20-10-12-2-1-9-24-14(12)6-8-21-24/h1-2,6,8-9,11H,3-5,7,10H2,(H,19,25)(H,20,22,23). The van der Waals surface area contributed by atoms with Crippen LogP contribution in [0.2, 0.25) is 0 Å². The van der Waals surface area contributed by atoms with E-state index in [1.165, 1.54) is 0 Å². The summed E-state index contributed by atoms with van der Waals surface area (Å²) in [6, 6.07) is 6.05. The summed E-state index contributed by atoms with van der Waals surface area (Å²) in [7, 11) is 0. The molecule has 25 heavy (non-hydrogen) atoms. The molecular weight excluding hydrogens is 316 g/mol. The largest absolute Gasteiger partial charge is 0.366 e. The predicted molar refractivity (Wildman–Crippen MR) is 92.6 cm³/mol. The molecule has 0 radical (unpaired) electrons. The van der Waals surface area contributed by atoms with Gasteiger partial charge in [-0.15, -0.1) is 0 Å². The third-order valence-electron chi connectivity index (χ3n) is 4.81. The number of anilines is 1. The van der Waals surface area contributed by atoms with Crippen LogP contribution in [-0.2, 0) is 13.0 Å². The molecule has 0 saturated heterocycles. The highest BCUT2D eigenvalue weighted by Crippen LogP contribution is 2.39. The minimum Gasteiger partial charge on any atom is -0.366 e. The second-order valence-corrected chi connectivity index (χ2v) is 6.59. The maximum absolute atomic E-state index is 12.2. The van der Waals surface area contributed by atoms with Gasteiger partial charge in [-0.1, -0.05) is 6.07 Å². The van der Waals surface area contributed by atoms with Gasteiger partial charge in [0.05, 0.1) is 5.52 Å². The summed E-state index contributed by atoms with van der Waals surface area (Å²) in [6.45, 7) is 1.26. The number of aromatic nitrogens is 4. The molecule has 0 bridgehead atoms. The van der Waals surface area contributed by atoms with E-state index in [9.17, 15) is 4.79 Å². The number of nitrogens with one attached hydrogen (secondary N) is 2. The zero-order valence-electron chi connectivity index (χ0n) is 13.7. The third kappa shape index (κ3) is 2.52. The van der Waals surface area contributed by atoms with Crippen LogP contribution in [-0.4, -0.2) is 32.0 Å². The van der Waals surface area contributed by atoms with Crippen molar-refractivity contribution < 1.29 is 4.79 Å². The van der Waals surface area contributed by atoms with Gasteiger partial charge in [-0.2, -0.15) is 5.10 Å². The summed E-state index contributed by atoms with van der Waals surface area (Å²) in [5.41, 5.74) is 3.67. The van der Waals surface area contributed by atoms with Crippen molar-refractivity contribution in [3.8, 4) is 0 Å². The van der Waals surface area contributed by atoms with Crippen LogP contribution in [0.3, 0.4) is 0 Å². The lowest BCUT2D eigenvalue weighted by Crippen LogP contribution is -2.34. The van der Waals surface area contributed by atoms with Gasteiger partial charge in [0, 0.05) is 37.0 Å². The molecule has 7 nitrogen and oxygen atoms in total. The molecule has 4 heterocycles. The van der Waals surface area contributed by atoms with Gasteiger partial charge in [0.2, 0.25) is 0 Å². The molecule has 2 N–H and O–H groups in total. The molecule has 1 amide bonds. The Morgan fingerprint density at radius 2 is 2.20 bits per heavy atom. The van der Waals surface area contributed by atoms with Gasteiger partial charge in [-0.05, 0) is 37.0 Å². The summed E-state index contributed by atoms with van der Waals surface area (Å²) in [4.78, 5) is 21.5. The normalized spacial score (nSPS) is 16.6. The van der Waals surface area contributed by atoms with E-state index in [-0.39, 0.29) is 5.91 Å². The number of pyridine rings is 1. The first-order valence-corrected chi connectivity index (χ1v) is 8.64. The van der Waals surface area contributed by atoms with Crippen molar-refractivity contribution in [1.82, 2.24) is 24.9 Å². The van der Waals surface area contributed by atoms with Gasteiger partial charge in [0.1, 0.15) is 17.3 Å². The number of hydrogen-bond acceptors (Lipinski definition) is 5. The summed E-state index contributed by atoms with van der Waals surface area (Å²) in [5.74, 6) is 1.90. The molecule has 1 saturated carbocycles. The monoisotopic (exact) mass is 334 g/mol. The predicted octanol–water partition coefficient (Wildman–Crippen LogP) is 1.90. The molecule has 3 aromatic rings. The Morgan fingerprint density at radius 1 is 1.28 bits per heavy atom. The first kappa shape index (κ1) is 14.4.